The first-order valence-electron chi connectivity index (χ1n) is 10.1. The van der Waals surface area contributed by atoms with Gasteiger partial charge in [0.1, 0.15) is 0 Å². The Labute approximate surface area is 143 Å². The molecule has 2 heteroatoms. The highest BCUT2D eigenvalue weighted by atomic mass is 14.6. The first kappa shape index (κ1) is 16.0. The van der Waals surface area contributed by atoms with Crippen LogP contribution in [0.25, 0.3) is 0 Å². The van der Waals surface area contributed by atoms with E-state index in [1.807, 2.05) is 0 Å². The molecule has 0 aromatic rings. The molecule has 0 N–H and O–H groups in total. The van der Waals surface area contributed by atoms with E-state index in [9.17, 15) is 5.26 Å². The SMILES string of the molecule is CC1C(B(C#N)C2CC3CC(C2C)C3(C)C)CC2CC1C2(C)C. The molecule has 6 aliphatic carbocycles. The van der Waals surface area contributed by atoms with Crippen molar-refractivity contribution in [2.45, 2.75) is 78.9 Å². The zero-order valence-corrected chi connectivity index (χ0v) is 16.0. The fraction of sp³-hybridized carbons (Fsp3) is 0.952. The molecule has 0 amide bonds. The van der Waals surface area contributed by atoms with E-state index in [-0.39, 0.29) is 0 Å². The predicted octanol–water partition coefficient (Wildman–Crippen LogP) is 5.69. The first-order chi connectivity index (χ1) is 10.7. The second kappa shape index (κ2) is 4.80. The minimum atomic E-state index is 0.322. The van der Waals surface area contributed by atoms with E-state index in [0.717, 1.165) is 35.5 Å². The molecular weight excluding hydrogens is 277 g/mol. The highest BCUT2D eigenvalue weighted by molar-refractivity contribution is 6.70. The van der Waals surface area contributed by atoms with E-state index < -0.39 is 0 Å². The molecule has 8 unspecified atom stereocenters. The minimum absolute atomic E-state index is 0.322. The molecule has 0 saturated heterocycles. The standard InChI is InChI=1S/C21H34BN/c1-12-16-7-14(20(16,3)4)9-18(12)22(11-23)19-10-15-8-17(13(19)2)21(15,5)6/h12-19H,7-10H2,1-6H3. The molecule has 4 bridgehead atoms. The van der Waals surface area contributed by atoms with E-state index >= 15 is 0 Å². The third-order valence-corrected chi connectivity index (χ3v) is 9.90. The fourth-order valence-corrected chi connectivity index (χ4v) is 7.84. The van der Waals surface area contributed by atoms with Crippen LogP contribution in [-0.4, -0.2) is 6.71 Å². The van der Waals surface area contributed by atoms with E-state index in [1.165, 1.54) is 25.7 Å². The van der Waals surface area contributed by atoms with Crippen molar-refractivity contribution in [1.82, 2.24) is 0 Å². The van der Waals surface area contributed by atoms with Crippen molar-refractivity contribution in [3.63, 3.8) is 0 Å². The van der Waals surface area contributed by atoms with Crippen molar-refractivity contribution in [2.75, 3.05) is 0 Å². The van der Waals surface area contributed by atoms with Crippen LogP contribution in [0.15, 0.2) is 0 Å². The first-order valence-corrected chi connectivity index (χ1v) is 10.1. The van der Waals surface area contributed by atoms with Crippen LogP contribution in [0.1, 0.15) is 67.2 Å². The monoisotopic (exact) mass is 311 g/mol. The second-order valence-electron chi connectivity index (χ2n) is 10.9. The molecule has 1 nitrogen and oxygen atoms in total. The van der Waals surface area contributed by atoms with Crippen LogP contribution in [-0.2, 0) is 0 Å². The van der Waals surface area contributed by atoms with Gasteiger partial charge in [-0.2, -0.15) is 0 Å². The molecule has 0 radical (unpaired) electrons. The molecule has 0 aromatic heterocycles. The lowest BCUT2D eigenvalue weighted by Gasteiger charge is -2.65. The molecule has 6 saturated carbocycles. The van der Waals surface area contributed by atoms with Crippen molar-refractivity contribution in [1.29, 1.82) is 5.26 Å². The van der Waals surface area contributed by atoms with Crippen LogP contribution in [0.5, 0.6) is 0 Å². The lowest BCUT2D eigenvalue weighted by molar-refractivity contribution is -0.107. The lowest BCUT2D eigenvalue weighted by atomic mass is 9.22. The van der Waals surface area contributed by atoms with Gasteiger partial charge in [0.15, 0.2) is 0 Å². The summed E-state index contributed by atoms with van der Waals surface area (Å²) in [4.78, 5) is 0. The van der Waals surface area contributed by atoms with Gasteiger partial charge in [0.25, 0.3) is 6.71 Å². The van der Waals surface area contributed by atoms with Crippen molar-refractivity contribution in [2.24, 2.45) is 46.3 Å². The molecule has 0 heterocycles. The maximum atomic E-state index is 10.1. The summed E-state index contributed by atoms with van der Waals surface area (Å²) in [5, 5.41) is 10.1. The minimum Gasteiger partial charge on any atom is -0.213 e. The largest absolute Gasteiger partial charge is 0.274 e. The van der Waals surface area contributed by atoms with Crippen molar-refractivity contribution in [3.8, 4) is 5.97 Å². The summed E-state index contributed by atoms with van der Waals surface area (Å²) >= 11 is 0. The second-order valence-corrected chi connectivity index (χ2v) is 10.9. The van der Waals surface area contributed by atoms with Gasteiger partial charge in [-0.25, -0.2) is 5.26 Å². The van der Waals surface area contributed by atoms with E-state index in [4.69, 9.17) is 0 Å². The smallest absolute Gasteiger partial charge is 0.213 e. The molecule has 0 aromatic carbocycles. The van der Waals surface area contributed by atoms with Gasteiger partial charge in [-0.15, -0.1) is 0 Å². The van der Waals surface area contributed by atoms with Crippen LogP contribution in [0.3, 0.4) is 0 Å². The van der Waals surface area contributed by atoms with Gasteiger partial charge < -0.3 is 0 Å². The summed E-state index contributed by atoms with van der Waals surface area (Å²) in [7, 11) is 0. The molecule has 6 aliphatic rings. The van der Waals surface area contributed by atoms with E-state index in [0.29, 0.717) is 29.2 Å². The Morgan fingerprint density at radius 2 is 1.17 bits per heavy atom. The van der Waals surface area contributed by atoms with Crippen LogP contribution in [0.2, 0.25) is 11.6 Å². The van der Waals surface area contributed by atoms with Gasteiger partial charge in [-0.3, -0.25) is 0 Å². The van der Waals surface area contributed by atoms with Crippen LogP contribution in [0, 0.1) is 57.6 Å². The number of rotatable bonds is 2. The summed E-state index contributed by atoms with van der Waals surface area (Å²) in [6.07, 6.45) is 5.51. The average Bonchev–Trinajstić information content (AvgIpc) is 2.49. The van der Waals surface area contributed by atoms with Gasteiger partial charge in [0.2, 0.25) is 0 Å². The van der Waals surface area contributed by atoms with Gasteiger partial charge in [0.05, 0.1) is 0 Å². The Morgan fingerprint density at radius 1 is 0.783 bits per heavy atom. The Bertz CT molecular complexity index is 503. The normalized spacial score (nSPS) is 51.9. The highest BCUT2D eigenvalue weighted by Gasteiger charge is 2.62. The van der Waals surface area contributed by atoms with Crippen molar-refractivity contribution < 1.29 is 0 Å². The van der Waals surface area contributed by atoms with Gasteiger partial charge in [0, 0.05) is 5.97 Å². The predicted molar refractivity (Wildman–Crippen MR) is 97.2 cm³/mol. The summed E-state index contributed by atoms with van der Waals surface area (Å²) in [6, 6.07) is 0. The lowest BCUT2D eigenvalue weighted by Crippen LogP contribution is -2.59. The molecule has 0 aliphatic heterocycles. The van der Waals surface area contributed by atoms with Crippen LogP contribution >= 0.6 is 0 Å². The number of hydrogen-bond acceptors (Lipinski definition) is 1. The van der Waals surface area contributed by atoms with Crippen LogP contribution < -0.4 is 0 Å². The maximum Gasteiger partial charge on any atom is 0.274 e. The van der Waals surface area contributed by atoms with Crippen molar-refractivity contribution >= 4 is 6.71 Å². The van der Waals surface area contributed by atoms with Gasteiger partial charge >= 0.3 is 0 Å². The number of nitrogens with zero attached hydrogens (tertiary/aromatic N) is 1. The Kier molecular flexibility index (Phi) is 3.35. The van der Waals surface area contributed by atoms with E-state index in [2.05, 4.69) is 47.5 Å². The Morgan fingerprint density at radius 3 is 1.43 bits per heavy atom. The third-order valence-electron chi connectivity index (χ3n) is 9.90. The molecule has 23 heavy (non-hydrogen) atoms. The summed E-state index contributed by atoms with van der Waals surface area (Å²) in [6.45, 7) is 15.1. The molecule has 8 atom stereocenters. The van der Waals surface area contributed by atoms with Crippen molar-refractivity contribution in [3.05, 3.63) is 0 Å². The molecular formula is C21H34BN. The summed E-state index contributed by atoms with van der Waals surface area (Å²) in [5.74, 6) is 9.18. The zero-order chi connectivity index (χ0) is 16.7. The number of nitriles is 1. The maximum absolute atomic E-state index is 10.1. The zero-order valence-electron chi connectivity index (χ0n) is 16.0. The van der Waals surface area contributed by atoms with E-state index in [1.54, 1.807) is 0 Å². The fourth-order valence-electron chi connectivity index (χ4n) is 7.84. The average molecular weight is 311 g/mol. The topological polar surface area (TPSA) is 23.8 Å². The highest BCUT2D eigenvalue weighted by Crippen LogP contribution is 2.69. The number of fused-ring (bicyclic) bond motifs is 4. The summed E-state index contributed by atoms with van der Waals surface area (Å²) in [5.41, 5.74) is 1.08. The van der Waals surface area contributed by atoms with Gasteiger partial charge in [-0.1, -0.05) is 54.4 Å². The van der Waals surface area contributed by atoms with Gasteiger partial charge in [-0.05, 0) is 70.8 Å². The molecule has 0 spiro atoms. The van der Waals surface area contributed by atoms with Crippen LogP contribution in [0.4, 0.5) is 0 Å². The Balaban J connectivity index is 1.54. The Hall–Kier alpha value is -0.445. The molecule has 6 fully saturated rings. The third kappa shape index (κ3) is 1.92. The summed E-state index contributed by atoms with van der Waals surface area (Å²) < 4.78 is 0. The molecule has 126 valence electrons. The molecule has 6 rings (SSSR count). The number of hydrogen-bond donors (Lipinski definition) is 0. The quantitative estimate of drug-likeness (QED) is 0.601.